The van der Waals surface area contributed by atoms with Crippen LogP contribution in [-0.4, -0.2) is 24.1 Å². The molecule has 22 heavy (non-hydrogen) atoms. The zero-order chi connectivity index (χ0) is 15.9. The van der Waals surface area contributed by atoms with Crippen LogP contribution in [0, 0.1) is 0 Å². The van der Waals surface area contributed by atoms with Gasteiger partial charge in [0, 0.05) is 24.8 Å². The highest BCUT2D eigenvalue weighted by Gasteiger charge is 2.16. The summed E-state index contributed by atoms with van der Waals surface area (Å²) in [5.74, 6) is 0.516. The maximum atomic E-state index is 12.4. The number of hydrogen-bond acceptors (Lipinski definition) is 4. The lowest BCUT2D eigenvalue weighted by atomic mass is 10.3. The highest BCUT2D eigenvalue weighted by Crippen LogP contribution is 2.18. The molecule has 0 aliphatic rings. The number of halogens is 1. The van der Waals surface area contributed by atoms with Crippen molar-refractivity contribution >= 4 is 27.1 Å². The fraction of sp³-hybridized carbons (Fsp3) is 0.286. The predicted molar refractivity (Wildman–Crippen MR) is 86.9 cm³/mol. The molecule has 8 heteroatoms. The molecule has 0 fully saturated rings. The van der Waals surface area contributed by atoms with E-state index in [2.05, 4.69) is 30.9 Å². The number of nitrogens with one attached hydrogen (secondary N) is 1. The Morgan fingerprint density at radius 1 is 1.18 bits per heavy atom. The van der Waals surface area contributed by atoms with Crippen molar-refractivity contribution in [3.05, 3.63) is 43.8 Å². The van der Waals surface area contributed by atoms with Crippen molar-refractivity contribution in [1.82, 2.24) is 24.1 Å². The van der Waals surface area contributed by atoms with Gasteiger partial charge in [0.15, 0.2) is 5.65 Å². The highest BCUT2D eigenvalue weighted by molar-refractivity contribution is 9.10. The van der Waals surface area contributed by atoms with E-state index in [-0.39, 0.29) is 11.2 Å². The molecule has 7 nitrogen and oxygen atoms in total. The van der Waals surface area contributed by atoms with Crippen LogP contribution in [-0.2, 0) is 13.1 Å². The lowest BCUT2D eigenvalue weighted by Crippen LogP contribution is -2.39. The number of aromatic nitrogens is 5. The summed E-state index contributed by atoms with van der Waals surface area (Å²) in [6.45, 7) is 4.38. The molecular formula is C14H14BrN5O2. The summed E-state index contributed by atoms with van der Waals surface area (Å²) in [5.41, 5.74) is 0.767. The SMILES string of the molecule is CCn1c(=O)c2[nH]c(-c3ccc(Br)nc3)nc2n(CC)c1=O. The summed E-state index contributed by atoms with van der Waals surface area (Å²) < 4.78 is 3.41. The number of H-pyrrole nitrogens is 1. The van der Waals surface area contributed by atoms with E-state index in [4.69, 9.17) is 0 Å². The van der Waals surface area contributed by atoms with Crippen LogP contribution in [0.2, 0.25) is 0 Å². The number of pyridine rings is 1. The normalized spacial score (nSPS) is 11.2. The van der Waals surface area contributed by atoms with Gasteiger partial charge in [0.2, 0.25) is 0 Å². The molecule has 3 heterocycles. The van der Waals surface area contributed by atoms with Gasteiger partial charge in [0.25, 0.3) is 5.56 Å². The van der Waals surface area contributed by atoms with E-state index in [1.165, 1.54) is 9.13 Å². The summed E-state index contributed by atoms with van der Waals surface area (Å²) in [7, 11) is 0. The lowest BCUT2D eigenvalue weighted by molar-refractivity contribution is 0.606. The van der Waals surface area contributed by atoms with E-state index in [9.17, 15) is 9.59 Å². The molecule has 3 aromatic heterocycles. The minimum absolute atomic E-state index is 0.321. The van der Waals surface area contributed by atoms with Gasteiger partial charge in [-0.25, -0.2) is 14.8 Å². The van der Waals surface area contributed by atoms with Crippen LogP contribution in [0.1, 0.15) is 13.8 Å². The van der Waals surface area contributed by atoms with E-state index in [1.54, 1.807) is 19.2 Å². The maximum Gasteiger partial charge on any atom is 0.332 e. The molecule has 1 N–H and O–H groups in total. The largest absolute Gasteiger partial charge is 0.332 e. The minimum Gasteiger partial charge on any atom is -0.332 e. The second-order valence-electron chi connectivity index (χ2n) is 4.73. The summed E-state index contributed by atoms with van der Waals surface area (Å²) in [5, 5.41) is 0. The number of nitrogens with zero attached hydrogens (tertiary/aromatic N) is 4. The second kappa shape index (κ2) is 5.53. The van der Waals surface area contributed by atoms with Gasteiger partial charge in [-0.2, -0.15) is 0 Å². The van der Waals surface area contributed by atoms with Crippen molar-refractivity contribution in [3.63, 3.8) is 0 Å². The lowest BCUT2D eigenvalue weighted by Gasteiger charge is -2.06. The van der Waals surface area contributed by atoms with Gasteiger partial charge in [-0.1, -0.05) is 0 Å². The van der Waals surface area contributed by atoms with Crippen LogP contribution < -0.4 is 11.2 Å². The average molecular weight is 364 g/mol. The number of aromatic amines is 1. The number of imidazole rings is 1. The summed E-state index contributed by atoms with van der Waals surface area (Å²) in [6.07, 6.45) is 1.65. The predicted octanol–water partition coefficient (Wildman–Crippen LogP) is 1.75. The number of fused-ring (bicyclic) bond motifs is 1. The third-order valence-electron chi connectivity index (χ3n) is 3.49. The molecule has 0 aliphatic heterocycles. The minimum atomic E-state index is -0.351. The van der Waals surface area contributed by atoms with Crippen LogP contribution in [0.25, 0.3) is 22.6 Å². The van der Waals surface area contributed by atoms with Gasteiger partial charge >= 0.3 is 5.69 Å². The third-order valence-corrected chi connectivity index (χ3v) is 3.96. The molecule has 0 aromatic carbocycles. The van der Waals surface area contributed by atoms with E-state index in [0.717, 1.165) is 5.56 Å². The number of rotatable bonds is 3. The van der Waals surface area contributed by atoms with E-state index in [1.807, 2.05) is 13.0 Å². The van der Waals surface area contributed by atoms with E-state index in [0.29, 0.717) is 34.7 Å². The first-order valence-corrected chi connectivity index (χ1v) is 7.71. The standard InChI is InChI=1S/C14H14BrN5O2/c1-3-19-12-10(13(21)20(4-2)14(19)22)17-11(18-12)8-5-6-9(15)16-7-8/h5-7H,3-4H2,1-2H3,(H,17,18). The Bertz CT molecular complexity index is 952. The Morgan fingerprint density at radius 2 is 1.91 bits per heavy atom. The zero-order valence-corrected chi connectivity index (χ0v) is 13.7. The molecule has 0 amide bonds. The Labute approximate surface area is 133 Å². The molecule has 0 radical (unpaired) electrons. The van der Waals surface area contributed by atoms with Crippen molar-refractivity contribution in [3.8, 4) is 11.4 Å². The summed E-state index contributed by atoms with van der Waals surface area (Å²) in [4.78, 5) is 36.3. The Balaban J connectivity index is 2.34. The van der Waals surface area contributed by atoms with Gasteiger partial charge in [0.1, 0.15) is 15.9 Å². The maximum absolute atomic E-state index is 12.4. The molecular weight excluding hydrogens is 350 g/mol. The van der Waals surface area contributed by atoms with Crippen molar-refractivity contribution in [2.45, 2.75) is 26.9 Å². The van der Waals surface area contributed by atoms with Gasteiger partial charge in [-0.05, 0) is 41.9 Å². The Morgan fingerprint density at radius 3 is 2.50 bits per heavy atom. The molecule has 0 unspecified atom stereocenters. The molecule has 0 saturated heterocycles. The van der Waals surface area contributed by atoms with Crippen LogP contribution >= 0.6 is 15.9 Å². The smallest absolute Gasteiger partial charge is 0.332 e. The van der Waals surface area contributed by atoms with Crippen LogP contribution in [0.5, 0.6) is 0 Å². The van der Waals surface area contributed by atoms with Gasteiger partial charge in [-0.3, -0.25) is 13.9 Å². The highest BCUT2D eigenvalue weighted by atomic mass is 79.9. The first-order valence-electron chi connectivity index (χ1n) is 6.92. The monoisotopic (exact) mass is 363 g/mol. The molecule has 3 aromatic rings. The fourth-order valence-electron chi connectivity index (χ4n) is 2.38. The van der Waals surface area contributed by atoms with Gasteiger partial charge in [-0.15, -0.1) is 0 Å². The number of hydrogen-bond donors (Lipinski definition) is 1. The molecule has 0 saturated carbocycles. The molecule has 0 spiro atoms. The molecule has 3 rings (SSSR count). The fourth-order valence-corrected chi connectivity index (χ4v) is 2.62. The van der Waals surface area contributed by atoms with Crippen molar-refractivity contribution in [2.24, 2.45) is 0 Å². The molecule has 0 bridgehead atoms. The first kappa shape index (κ1) is 14.7. The first-order chi connectivity index (χ1) is 10.6. The molecule has 0 aliphatic carbocycles. The third kappa shape index (κ3) is 2.19. The summed E-state index contributed by atoms with van der Waals surface area (Å²) in [6, 6.07) is 3.63. The van der Waals surface area contributed by atoms with Crippen molar-refractivity contribution < 1.29 is 0 Å². The van der Waals surface area contributed by atoms with Crippen molar-refractivity contribution in [2.75, 3.05) is 0 Å². The van der Waals surface area contributed by atoms with Gasteiger partial charge in [0.05, 0.1) is 0 Å². The molecule has 114 valence electrons. The van der Waals surface area contributed by atoms with E-state index >= 15 is 0 Å². The van der Waals surface area contributed by atoms with E-state index < -0.39 is 0 Å². The van der Waals surface area contributed by atoms with Gasteiger partial charge < -0.3 is 4.98 Å². The average Bonchev–Trinajstić information content (AvgIpc) is 2.94. The Hall–Kier alpha value is -2.22. The zero-order valence-electron chi connectivity index (χ0n) is 12.1. The van der Waals surface area contributed by atoms with Crippen LogP contribution in [0.3, 0.4) is 0 Å². The van der Waals surface area contributed by atoms with Crippen LogP contribution in [0.4, 0.5) is 0 Å². The second-order valence-corrected chi connectivity index (χ2v) is 5.54. The number of aryl methyl sites for hydroxylation is 1. The quantitative estimate of drug-likeness (QED) is 0.718. The molecule has 0 atom stereocenters. The van der Waals surface area contributed by atoms with Crippen molar-refractivity contribution in [1.29, 1.82) is 0 Å². The Kier molecular flexibility index (Phi) is 3.69. The summed E-state index contributed by atoms with van der Waals surface area (Å²) >= 11 is 3.27. The topological polar surface area (TPSA) is 85.6 Å². The van der Waals surface area contributed by atoms with Crippen LogP contribution in [0.15, 0.2) is 32.5 Å².